The van der Waals surface area contributed by atoms with Crippen molar-refractivity contribution in [3.05, 3.63) is 22.4 Å². The summed E-state index contributed by atoms with van der Waals surface area (Å²) >= 11 is 1.74. The molecule has 1 aromatic rings. The SMILES string of the molecule is CCC1(CC)CNCC(c2ccsc2)O1. The fourth-order valence-corrected chi connectivity index (χ4v) is 2.83. The van der Waals surface area contributed by atoms with Crippen LogP contribution >= 0.6 is 11.3 Å². The summed E-state index contributed by atoms with van der Waals surface area (Å²) in [5, 5.41) is 7.80. The first-order valence-corrected chi connectivity index (χ1v) is 6.64. The molecule has 1 aliphatic heterocycles. The average molecular weight is 225 g/mol. The topological polar surface area (TPSA) is 21.3 Å². The van der Waals surface area contributed by atoms with E-state index in [9.17, 15) is 0 Å². The molecule has 0 amide bonds. The molecule has 1 atom stereocenters. The Balaban J connectivity index is 2.10. The van der Waals surface area contributed by atoms with Crippen molar-refractivity contribution in [1.29, 1.82) is 0 Å². The highest BCUT2D eigenvalue weighted by Crippen LogP contribution is 2.32. The van der Waals surface area contributed by atoms with Crippen LogP contribution in [0.5, 0.6) is 0 Å². The Labute approximate surface area is 95.6 Å². The molecule has 1 aromatic heterocycles. The monoisotopic (exact) mass is 225 g/mol. The second-order valence-electron chi connectivity index (χ2n) is 4.18. The van der Waals surface area contributed by atoms with Gasteiger partial charge < -0.3 is 10.1 Å². The van der Waals surface area contributed by atoms with Crippen molar-refractivity contribution < 1.29 is 4.74 Å². The second kappa shape index (κ2) is 4.64. The molecule has 1 fully saturated rings. The van der Waals surface area contributed by atoms with Gasteiger partial charge >= 0.3 is 0 Å². The Morgan fingerprint density at radius 2 is 2.33 bits per heavy atom. The standard InChI is InChI=1S/C12H19NOS/c1-3-12(4-2)9-13-7-11(14-12)10-5-6-15-8-10/h5-6,8,11,13H,3-4,7,9H2,1-2H3. The van der Waals surface area contributed by atoms with Gasteiger partial charge in [0.2, 0.25) is 0 Å². The Morgan fingerprint density at radius 1 is 1.53 bits per heavy atom. The molecule has 0 aromatic carbocycles. The summed E-state index contributed by atoms with van der Waals surface area (Å²) in [6, 6.07) is 2.17. The number of ether oxygens (including phenoxy) is 1. The smallest absolute Gasteiger partial charge is 0.0965 e. The van der Waals surface area contributed by atoms with Gasteiger partial charge in [0, 0.05) is 13.1 Å². The first-order valence-electron chi connectivity index (χ1n) is 5.70. The van der Waals surface area contributed by atoms with Crippen molar-refractivity contribution in [3.8, 4) is 0 Å². The highest BCUT2D eigenvalue weighted by molar-refractivity contribution is 7.07. The molecule has 0 radical (unpaired) electrons. The fraction of sp³-hybridized carbons (Fsp3) is 0.667. The molecule has 3 heteroatoms. The summed E-state index contributed by atoms with van der Waals surface area (Å²) in [5.74, 6) is 0. The first-order chi connectivity index (χ1) is 7.29. The number of hydrogen-bond acceptors (Lipinski definition) is 3. The normalized spacial score (nSPS) is 25.3. The average Bonchev–Trinajstić information content (AvgIpc) is 2.82. The summed E-state index contributed by atoms with van der Waals surface area (Å²) in [5.41, 5.74) is 1.36. The van der Waals surface area contributed by atoms with E-state index in [2.05, 4.69) is 36.0 Å². The summed E-state index contributed by atoms with van der Waals surface area (Å²) in [7, 11) is 0. The molecule has 2 heterocycles. The molecule has 0 spiro atoms. The van der Waals surface area contributed by atoms with E-state index < -0.39 is 0 Å². The molecule has 0 aliphatic carbocycles. The Morgan fingerprint density at radius 3 is 2.93 bits per heavy atom. The number of nitrogens with one attached hydrogen (secondary N) is 1. The van der Waals surface area contributed by atoms with Gasteiger partial charge in [-0.2, -0.15) is 11.3 Å². The lowest BCUT2D eigenvalue weighted by molar-refractivity contribution is -0.122. The van der Waals surface area contributed by atoms with Crippen LogP contribution in [-0.4, -0.2) is 18.7 Å². The third kappa shape index (κ3) is 2.25. The minimum atomic E-state index is 0.0465. The molecular weight excluding hydrogens is 206 g/mol. The number of rotatable bonds is 3. The zero-order valence-electron chi connectivity index (χ0n) is 9.45. The quantitative estimate of drug-likeness (QED) is 0.854. The Hall–Kier alpha value is -0.380. The number of morpholine rings is 1. The van der Waals surface area contributed by atoms with Crippen LogP contribution in [0.1, 0.15) is 38.4 Å². The van der Waals surface area contributed by atoms with Crippen LogP contribution in [0.3, 0.4) is 0 Å². The largest absolute Gasteiger partial charge is 0.364 e. The van der Waals surface area contributed by atoms with Gasteiger partial charge in [0.1, 0.15) is 0 Å². The predicted molar refractivity (Wildman–Crippen MR) is 64.3 cm³/mol. The van der Waals surface area contributed by atoms with Crippen LogP contribution in [0, 0.1) is 0 Å². The minimum absolute atomic E-state index is 0.0465. The van der Waals surface area contributed by atoms with Gasteiger partial charge in [-0.1, -0.05) is 13.8 Å². The van der Waals surface area contributed by atoms with Gasteiger partial charge in [0.25, 0.3) is 0 Å². The maximum atomic E-state index is 6.26. The van der Waals surface area contributed by atoms with Crippen LogP contribution < -0.4 is 5.32 Å². The molecule has 1 saturated heterocycles. The van der Waals surface area contributed by atoms with E-state index in [1.165, 1.54) is 5.56 Å². The second-order valence-corrected chi connectivity index (χ2v) is 4.96. The molecule has 84 valence electrons. The van der Waals surface area contributed by atoms with Gasteiger partial charge in [0.05, 0.1) is 11.7 Å². The fourth-order valence-electron chi connectivity index (χ4n) is 2.13. The van der Waals surface area contributed by atoms with Gasteiger partial charge in [-0.05, 0) is 35.2 Å². The van der Waals surface area contributed by atoms with E-state index in [-0.39, 0.29) is 11.7 Å². The third-order valence-corrected chi connectivity index (χ3v) is 4.07. The highest BCUT2D eigenvalue weighted by atomic mass is 32.1. The molecule has 1 unspecified atom stereocenters. The molecule has 0 bridgehead atoms. The van der Waals surface area contributed by atoms with Crippen molar-refractivity contribution in [2.24, 2.45) is 0 Å². The molecule has 2 rings (SSSR count). The molecule has 1 aliphatic rings. The van der Waals surface area contributed by atoms with Crippen LogP contribution in [0.25, 0.3) is 0 Å². The van der Waals surface area contributed by atoms with Crippen LogP contribution in [0.15, 0.2) is 16.8 Å². The number of thiophene rings is 1. The van der Waals surface area contributed by atoms with Gasteiger partial charge in [-0.15, -0.1) is 0 Å². The van der Waals surface area contributed by atoms with Crippen molar-refractivity contribution in [2.75, 3.05) is 13.1 Å². The van der Waals surface area contributed by atoms with E-state index >= 15 is 0 Å². The zero-order valence-corrected chi connectivity index (χ0v) is 10.3. The lowest BCUT2D eigenvalue weighted by Crippen LogP contribution is -2.50. The van der Waals surface area contributed by atoms with Gasteiger partial charge in [-0.3, -0.25) is 0 Å². The minimum Gasteiger partial charge on any atom is -0.364 e. The lowest BCUT2D eigenvalue weighted by atomic mass is 9.94. The summed E-state index contributed by atoms with van der Waals surface area (Å²) in [4.78, 5) is 0. The highest BCUT2D eigenvalue weighted by Gasteiger charge is 2.34. The van der Waals surface area contributed by atoms with Crippen LogP contribution in [0.2, 0.25) is 0 Å². The van der Waals surface area contributed by atoms with Crippen LogP contribution in [-0.2, 0) is 4.74 Å². The van der Waals surface area contributed by atoms with E-state index in [4.69, 9.17) is 4.74 Å². The molecule has 0 saturated carbocycles. The maximum absolute atomic E-state index is 6.26. The van der Waals surface area contributed by atoms with Crippen molar-refractivity contribution in [2.45, 2.75) is 38.4 Å². The summed E-state index contributed by atoms with van der Waals surface area (Å²) in [6.07, 6.45) is 2.40. The van der Waals surface area contributed by atoms with E-state index in [0.717, 1.165) is 25.9 Å². The summed E-state index contributed by atoms with van der Waals surface area (Å²) < 4.78 is 6.26. The number of hydrogen-bond donors (Lipinski definition) is 1. The molecule has 15 heavy (non-hydrogen) atoms. The molecule has 2 nitrogen and oxygen atoms in total. The zero-order chi connectivity index (χ0) is 10.7. The maximum Gasteiger partial charge on any atom is 0.0965 e. The van der Waals surface area contributed by atoms with Crippen molar-refractivity contribution >= 4 is 11.3 Å². The Bertz CT molecular complexity index is 293. The molecule has 1 N–H and O–H groups in total. The lowest BCUT2D eigenvalue weighted by Gasteiger charge is -2.40. The van der Waals surface area contributed by atoms with Gasteiger partial charge in [-0.25, -0.2) is 0 Å². The van der Waals surface area contributed by atoms with E-state index in [0.29, 0.717) is 0 Å². The third-order valence-electron chi connectivity index (χ3n) is 3.37. The van der Waals surface area contributed by atoms with E-state index in [1.54, 1.807) is 11.3 Å². The first kappa shape index (κ1) is 11.1. The van der Waals surface area contributed by atoms with Crippen molar-refractivity contribution in [3.63, 3.8) is 0 Å². The van der Waals surface area contributed by atoms with Crippen molar-refractivity contribution in [1.82, 2.24) is 5.32 Å². The predicted octanol–water partition coefficient (Wildman–Crippen LogP) is 2.97. The van der Waals surface area contributed by atoms with Gasteiger partial charge in [0.15, 0.2) is 0 Å². The summed E-state index contributed by atoms with van der Waals surface area (Å²) in [6.45, 7) is 6.35. The van der Waals surface area contributed by atoms with Crippen LogP contribution in [0.4, 0.5) is 0 Å². The Kier molecular flexibility index (Phi) is 3.44. The van der Waals surface area contributed by atoms with E-state index in [1.807, 2.05) is 0 Å². The molecular formula is C12H19NOS.